The van der Waals surface area contributed by atoms with E-state index in [1.165, 1.54) is 7.11 Å². The van der Waals surface area contributed by atoms with Crippen LogP contribution in [0, 0.1) is 5.92 Å². The van der Waals surface area contributed by atoms with Gasteiger partial charge >= 0.3 is 12.0 Å². The zero-order valence-electron chi connectivity index (χ0n) is 11.6. The first-order valence-electron chi connectivity index (χ1n) is 6.63. The molecule has 0 heterocycles. The van der Waals surface area contributed by atoms with Crippen molar-refractivity contribution in [2.45, 2.75) is 25.3 Å². The zero-order chi connectivity index (χ0) is 15.4. The third-order valence-corrected chi connectivity index (χ3v) is 3.84. The molecule has 0 radical (unpaired) electrons. The second-order valence-electron chi connectivity index (χ2n) is 4.99. The Labute approximate surface area is 127 Å². The van der Waals surface area contributed by atoms with Crippen LogP contribution in [-0.4, -0.2) is 30.3 Å². The summed E-state index contributed by atoms with van der Waals surface area (Å²) >= 11 is 5.91. The van der Waals surface area contributed by atoms with Crippen molar-refractivity contribution in [3.63, 3.8) is 0 Å². The number of carboxylic acid groups (broad SMARTS) is 1. The van der Waals surface area contributed by atoms with Crippen LogP contribution in [0.25, 0.3) is 0 Å². The van der Waals surface area contributed by atoms with Gasteiger partial charge in [0.25, 0.3) is 0 Å². The largest absolute Gasteiger partial charge is 0.495 e. The number of hydrogen-bond acceptors (Lipinski definition) is 3. The molecule has 3 N–H and O–H groups in total. The van der Waals surface area contributed by atoms with Crippen LogP contribution in [0.5, 0.6) is 5.75 Å². The monoisotopic (exact) mass is 312 g/mol. The molecule has 114 valence electrons. The van der Waals surface area contributed by atoms with E-state index < -0.39 is 5.97 Å². The van der Waals surface area contributed by atoms with Crippen molar-refractivity contribution in [3.8, 4) is 5.75 Å². The normalized spacial score (nSPS) is 20.9. The quantitative estimate of drug-likeness (QED) is 0.797. The smallest absolute Gasteiger partial charge is 0.319 e. The molecule has 1 fully saturated rings. The Balaban J connectivity index is 1.89. The number of nitrogens with one attached hydrogen (secondary N) is 2. The van der Waals surface area contributed by atoms with Crippen molar-refractivity contribution in [2.24, 2.45) is 5.92 Å². The standard InChI is InChI=1S/C14H17ClN2O4/c1-21-12-7-10(4-5-11(12)15)17-14(20)16-9-3-2-8(6-9)13(18)19/h4-5,7-9H,2-3,6H2,1H3,(H,18,19)(H2,16,17,20)/t8-,9+/m1/s1. The maximum atomic E-state index is 11.9. The van der Waals surface area contributed by atoms with Crippen molar-refractivity contribution in [2.75, 3.05) is 12.4 Å². The van der Waals surface area contributed by atoms with E-state index in [-0.39, 0.29) is 18.0 Å². The molecule has 0 aliphatic heterocycles. The van der Waals surface area contributed by atoms with Crippen LogP contribution in [0.2, 0.25) is 5.02 Å². The molecule has 2 rings (SSSR count). The lowest BCUT2D eigenvalue weighted by atomic mass is 10.1. The highest BCUT2D eigenvalue weighted by Crippen LogP contribution is 2.28. The number of carboxylic acids is 1. The molecule has 1 saturated carbocycles. The summed E-state index contributed by atoms with van der Waals surface area (Å²) in [4.78, 5) is 22.8. The van der Waals surface area contributed by atoms with E-state index in [1.54, 1.807) is 18.2 Å². The minimum Gasteiger partial charge on any atom is -0.495 e. The van der Waals surface area contributed by atoms with Crippen LogP contribution in [0.15, 0.2) is 18.2 Å². The number of amides is 2. The van der Waals surface area contributed by atoms with Gasteiger partial charge in [-0.1, -0.05) is 11.6 Å². The number of ether oxygens (including phenoxy) is 1. The number of carbonyl (C=O) groups is 2. The number of rotatable bonds is 4. The molecule has 1 aliphatic carbocycles. The number of urea groups is 1. The summed E-state index contributed by atoms with van der Waals surface area (Å²) in [6, 6.07) is 4.44. The number of aliphatic carboxylic acids is 1. The molecule has 21 heavy (non-hydrogen) atoms. The molecule has 0 aromatic heterocycles. The topological polar surface area (TPSA) is 87.7 Å². The highest BCUT2D eigenvalue weighted by molar-refractivity contribution is 6.32. The van der Waals surface area contributed by atoms with Gasteiger partial charge in [-0.2, -0.15) is 0 Å². The number of hydrogen-bond donors (Lipinski definition) is 3. The minimum atomic E-state index is -0.804. The molecule has 0 bridgehead atoms. The molecular formula is C14H17ClN2O4. The van der Waals surface area contributed by atoms with E-state index in [9.17, 15) is 9.59 Å². The van der Waals surface area contributed by atoms with Gasteiger partial charge in [-0.3, -0.25) is 4.79 Å². The lowest BCUT2D eigenvalue weighted by Crippen LogP contribution is -2.36. The van der Waals surface area contributed by atoms with E-state index in [0.717, 1.165) is 0 Å². The van der Waals surface area contributed by atoms with Crippen LogP contribution in [0.1, 0.15) is 19.3 Å². The maximum absolute atomic E-state index is 11.9. The van der Waals surface area contributed by atoms with E-state index >= 15 is 0 Å². The van der Waals surface area contributed by atoms with Gasteiger partial charge in [-0.25, -0.2) is 4.79 Å². The summed E-state index contributed by atoms with van der Waals surface area (Å²) in [6.07, 6.45) is 1.73. The number of carbonyl (C=O) groups excluding carboxylic acids is 1. The molecule has 0 unspecified atom stereocenters. The fraction of sp³-hybridized carbons (Fsp3) is 0.429. The first-order chi connectivity index (χ1) is 9.99. The molecule has 0 spiro atoms. The second-order valence-corrected chi connectivity index (χ2v) is 5.40. The summed E-state index contributed by atoms with van der Waals surface area (Å²) in [5, 5.41) is 14.8. The number of anilines is 1. The first kappa shape index (κ1) is 15.4. The molecule has 1 aliphatic rings. The van der Waals surface area contributed by atoms with Crippen molar-refractivity contribution < 1.29 is 19.4 Å². The van der Waals surface area contributed by atoms with Crippen molar-refractivity contribution >= 4 is 29.3 Å². The summed E-state index contributed by atoms with van der Waals surface area (Å²) in [7, 11) is 1.50. The van der Waals surface area contributed by atoms with E-state index in [1.807, 2.05) is 0 Å². The lowest BCUT2D eigenvalue weighted by Gasteiger charge is -2.14. The number of halogens is 1. The molecule has 2 atom stereocenters. The third kappa shape index (κ3) is 4.01. The van der Waals surface area contributed by atoms with Crippen LogP contribution in [0.3, 0.4) is 0 Å². The molecular weight excluding hydrogens is 296 g/mol. The summed E-state index contributed by atoms with van der Waals surface area (Å²) < 4.78 is 5.07. The van der Waals surface area contributed by atoms with E-state index in [2.05, 4.69) is 10.6 Å². The molecule has 7 heteroatoms. The first-order valence-corrected chi connectivity index (χ1v) is 7.01. The highest BCUT2D eigenvalue weighted by Gasteiger charge is 2.30. The van der Waals surface area contributed by atoms with E-state index in [4.69, 9.17) is 21.4 Å². The molecule has 6 nitrogen and oxygen atoms in total. The van der Waals surface area contributed by atoms with Crippen molar-refractivity contribution in [1.29, 1.82) is 0 Å². The van der Waals surface area contributed by atoms with Gasteiger partial charge in [-0.05, 0) is 31.4 Å². The Morgan fingerprint density at radius 3 is 2.76 bits per heavy atom. The third-order valence-electron chi connectivity index (χ3n) is 3.53. The average Bonchev–Trinajstić information content (AvgIpc) is 2.89. The van der Waals surface area contributed by atoms with Gasteiger partial charge in [0.05, 0.1) is 18.1 Å². The Morgan fingerprint density at radius 1 is 1.38 bits per heavy atom. The van der Waals surface area contributed by atoms with Crippen LogP contribution >= 0.6 is 11.6 Å². The number of methoxy groups -OCH3 is 1. The summed E-state index contributed by atoms with van der Waals surface area (Å²) in [5.41, 5.74) is 0.557. The Hall–Kier alpha value is -1.95. The second kappa shape index (κ2) is 6.67. The fourth-order valence-corrected chi connectivity index (χ4v) is 2.62. The van der Waals surface area contributed by atoms with Crippen molar-refractivity contribution in [3.05, 3.63) is 23.2 Å². The molecule has 0 saturated heterocycles. The summed E-state index contributed by atoms with van der Waals surface area (Å²) in [6.45, 7) is 0. The van der Waals surface area contributed by atoms with Gasteiger partial charge < -0.3 is 20.5 Å². The lowest BCUT2D eigenvalue weighted by molar-refractivity contribution is -0.141. The maximum Gasteiger partial charge on any atom is 0.319 e. The molecule has 2 amide bonds. The fourth-order valence-electron chi connectivity index (χ4n) is 2.43. The summed E-state index contributed by atoms with van der Waals surface area (Å²) in [5.74, 6) is -0.700. The SMILES string of the molecule is COc1cc(NC(=O)N[C@H]2CC[C@@H](C(=O)O)C2)ccc1Cl. The van der Waals surface area contributed by atoms with Crippen LogP contribution in [-0.2, 0) is 4.79 Å². The predicted molar refractivity (Wildman–Crippen MR) is 78.9 cm³/mol. The minimum absolute atomic E-state index is 0.111. The van der Waals surface area contributed by atoms with Gasteiger partial charge in [0.1, 0.15) is 5.75 Å². The number of benzene rings is 1. The van der Waals surface area contributed by atoms with Crippen LogP contribution in [0.4, 0.5) is 10.5 Å². The van der Waals surface area contributed by atoms with Gasteiger partial charge in [0.2, 0.25) is 0 Å². The average molecular weight is 313 g/mol. The Morgan fingerprint density at radius 2 is 2.14 bits per heavy atom. The Kier molecular flexibility index (Phi) is 4.90. The van der Waals surface area contributed by atoms with Crippen LogP contribution < -0.4 is 15.4 Å². The van der Waals surface area contributed by atoms with Gasteiger partial charge in [0.15, 0.2) is 0 Å². The van der Waals surface area contributed by atoms with Gasteiger partial charge in [-0.15, -0.1) is 0 Å². The van der Waals surface area contributed by atoms with E-state index in [0.29, 0.717) is 35.7 Å². The zero-order valence-corrected chi connectivity index (χ0v) is 12.3. The predicted octanol–water partition coefficient (Wildman–Crippen LogP) is 2.72. The van der Waals surface area contributed by atoms with Gasteiger partial charge in [0, 0.05) is 17.8 Å². The molecule has 1 aromatic rings. The molecule has 1 aromatic carbocycles. The van der Waals surface area contributed by atoms with Crippen molar-refractivity contribution in [1.82, 2.24) is 5.32 Å². The Bertz CT molecular complexity index is 550. The highest BCUT2D eigenvalue weighted by atomic mass is 35.5.